The van der Waals surface area contributed by atoms with E-state index in [1.807, 2.05) is 4.90 Å². The Bertz CT molecular complexity index is 795. The molecule has 0 atom stereocenters. The van der Waals surface area contributed by atoms with Crippen molar-refractivity contribution < 1.29 is 18.7 Å². The summed E-state index contributed by atoms with van der Waals surface area (Å²) >= 11 is 7.15. The lowest BCUT2D eigenvalue weighted by Crippen LogP contribution is -2.42. The molecule has 1 aromatic heterocycles. The predicted octanol–water partition coefficient (Wildman–Crippen LogP) is 1.85. The predicted molar refractivity (Wildman–Crippen MR) is 91.5 cm³/mol. The van der Waals surface area contributed by atoms with Gasteiger partial charge in [-0.1, -0.05) is 11.6 Å². The summed E-state index contributed by atoms with van der Waals surface area (Å²) in [6.07, 6.45) is 0. The van der Waals surface area contributed by atoms with Gasteiger partial charge < -0.3 is 9.64 Å². The van der Waals surface area contributed by atoms with Crippen LogP contribution in [0.3, 0.4) is 0 Å². The number of carbonyl (C=O) groups excluding carboxylic acids is 2. The minimum Gasteiger partial charge on any atom is -0.378 e. The summed E-state index contributed by atoms with van der Waals surface area (Å²) in [5, 5.41) is 2.29. The minimum absolute atomic E-state index is 0.0463. The lowest BCUT2D eigenvalue weighted by Gasteiger charge is -2.25. The van der Waals surface area contributed by atoms with Gasteiger partial charge in [0.05, 0.1) is 23.8 Å². The molecule has 0 bridgehead atoms. The number of nitrogens with zero attached hydrogens (tertiary/aromatic N) is 2. The molecule has 1 fully saturated rings. The van der Waals surface area contributed by atoms with Gasteiger partial charge in [-0.15, -0.1) is 11.3 Å². The molecule has 2 heterocycles. The van der Waals surface area contributed by atoms with Gasteiger partial charge in [-0.3, -0.25) is 20.4 Å². The molecule has 10 heteroatoms. The highest BCUT2D eigenvalue weighted by atomic mass is 35.5. The van der Waals surface area contributed by atoms with Crippen LogP contribution in [-0.2, 0) is 4.74 Å². The smallest absolute Gasteiger partial charge is 0.289 e. The number of aromatic nitrogens is 1. The zero-order valence-corrected chi connectivity index (χ0v) is 14.5. The average molecular weight is 385 g/mol. The molecule has 1 aliphatic heterocycles. The molecule has 2 aromatic rings. The number of benzene rings is 1. The number of halogens is 2. The molecule has 1 aromatic carbocycles. The van der Waals surface area contributed by atoms with Gasteiger partial charge in [-0.05, 0) is 18.2 Å². The highest BCUT2D eigenvalue weighted by Gasteiger charge is 2.18. The molecule has 0 radical (unpaired) electrons. The standard InChI is InChI=1S/C15H14ClFN4O3S/c16-11-7-9(17)1-2-10(11)13(22)19-20-14(23)12-8-25-15(18-12)21-3-5-24-6-4-21/h1-2,7-8H,3-6H2,(H,19,22)(H,20,23). The summed E-state index contributed by atoms with van der Waals surface area (Å²) in [5.41, 5.74) is 4.74. The third-order valence-corrected chi connectivity index (χ3v) is 4.69. The first kappa shape index (κ1) is 17.6. The summed E-state index contributed by atoms with van der Waals surface area (Å²) in [6, 6.07) is 3.36. The van der Waals surface area contributed by atoms with Crippen molar-refractivity contribution in [3.63, 3.8) is 0 Å². The lowest BCUT2D eigenvalue weighted by atomic mass is 10.2. The van der Waals surface area contributed by atoms with Crippen LogP contribution in [0.1, 0.15) is 20.8 Å². The molecule has 0 aliphatic carbocycles. The fraction of sp³-hybridized carbons (Fsp3) is 0.267. The first-order valence-corrected chi connectivity index (χ1v) is 8.64. The van der Waals surface area contributed by atoms with E-state index in [-0.39, 0.29) is 16.3 Å². The maximum Gasteiger partial charge on any atom is 0.289 e. The molecular weight excluding hydrogens is 371 g/mol. The molecule has 1 saturated heterocycles. The molecule has 1 aliphatic rings. The fourth-order valence-corrected chi connectivity index (χ4v) is 3.30. The van der Waals surface area contributed by atoms with Crippen LogP contribution < -0.4 is 15.8 Å². The Labute approximate surface area is 151 Å². The van der Waals surface area contributed by atoms with Crippen LogP contribution >= 0.6 is 22.9 Å². The Morgan fingerprint density at radius 3 is 2.68 bits per heavy atom. The number of hydrogen-bond acceptors (Lipinski definition) is 6. The van der Waals surface area contributed by atoms with E-state index in [4.69, 9.17) is 16.3 Å². The molecule has 0 spiro atoms. The first-order valence-electron chi connectivity index (χ1n) is 7.38. The second-order valence-corrected chi connectivity index (χ2v) is 6.39. The van der Waals surface area contributed by atoms with E-state index in [1.54, 1.807) is 5.38 Å². The van der Waals surface area contributed by atoms with E-state index in [1.165, 1.54) is 17.4 Å². The summed E-state index contributed by atoms with van der Waals surface area (Å²) in [5.74, 6) is -1.76. The zero-order valence-electron chi connectivity index (χ0n) is 12.9. The van der Waals surface area contributed by atoms with Gasteiger partial charge in [0.1, 0.15) is 11.5 Å². The van der Waals surface area contributed by atoms with Crippen molar-refractivity contribution in [2.24, 2.45) is 0 Å². The topological polar surface area (TPSA) is 83.6 Å². The SMILES string of the molecule is O=C(NNC(=O)c1ccc(F)cc1Cl)c1csc(N2CCOCC2)n1. The number of nitrogens with one attached hydrogen (secondary N) is 2. The Morgan fingerprint density at radius 2 is 1.96 bits per heavy atom. The van der Waals surface area contributed by atoms with Crippen molar-refractivity contribution in [2.45, 2.75) is 0 Å². The van der Waals surface area contributed by atoms with Crippen LogP contribution in [0.5, 0.6) is 0 Å². The second kappa shape index (κ2) is 7.77. The summed E-state index contributed by atoms with van der Waals surface area (Å²) < 4.78 is 18.3. The Balaban J connectivity index is 1.59. The van der Waals surface area contributed by atoms with Crippen LogP contribution in [-0.4, -0.2) is 43.1 Å². The van der Waals surface area contributed by atoms with Crippen LogP contribution in [0.25, 0.3) is 0 Å². The van der Waals surface area contributed by atoms with Crippen LogP contribution in [0, 0.1) is 5.82 Å². The van der Waals surface area contributed by atoms with Crippen LogP contribution in [0.2, 0.25) is 5.02 Å². The monoisotopic (exact) mass is 384 g/mol. The number of morpholine rings is 1. The van der Waals surface area contributed by atoms with Crippen molar-refractivity contribution in [1.29, 1.82) is 0 Å². The summed E-state index contributed by atoms with van der Waals surface area (Å²) in [6.45, 7) is 2.67. The third kappa shape index (κ3) is 4.25. The maximum absolute atomic E-state index is 13.0. The maximum atomic E-state index is 13.0. The first-order chi connectivity index (χ1) is 12.0. The number of thiazole rings is 1. The molecule has 25 heavy (non-hydrogen) atoms. The van der Waals surface area contributed by atoms with Crippen molar-refractivity contribution in [3.8, 4) is 0 Å². The van der Waals surface area contributed by atoms with Crippen LogP contribution in [0.4, 0.5) is 9.52 Å². The van der Waals surface area contributed by atoms with Crippen molar-refractivity contribution in [2.75, 3.05) is 31.2 Å². The number of anilines is 1. The summed E-state index contributed by atoms with van der Waals surface area (Å²) in [7, 11) is 0. The van der Waals surface area contributed by atoms with Crippen LogP contribution in [0.15, 0.2) is 23.6 Å². The lowest BCUT2D eigenvalue weighted by molar-refractivity contribution is 0.0844. The fourth-order valence-electron chi connectivity index (χ4n) is 2.19. The highest BCUT2D eigenvalue weighted by Crippen LogP contribution is 2.21. The quantitative estimate of drug-likeness (QED) is 0.789. The van der Waals surface area contributed by atoms with E-state index in [9.17, 15) is 14.0 Å². The molecule has 7 nitrogen and oxygen atoms in total. The number of ether oxygens (including phenoxy) is 1. The van der Waals surface area contributed by atoms with E-state index in [0.717, 1.165) is 17.3 Å². The third-order valence-electron chi connectivity index (χ3n) is 3.47. The van der Waals surface area contributed by atoms with Crippen molar-refractivity contribution in [3.05, 3.63) is 45.7 Å². The van der Waals surface area contributed by atoms with E-state index < -0.39 is 17.6 Å². The van der Waals surface area contributed by atoms with Gasteiger partial charge in [-0.25, -0.2) is 9.37 Å². The molecule has 2 N–H and O–H groups in total. The molecule has 3 rings (SSSR count). The number of rotatable bonds is 3. The van der Waals surface area contributed by atoms with E-state index in [0.29, 0.717) is 26.3 Å². The van der Waals surface area contributed by atoms with Gasteiger partial charge >= 0.3 is 0 Å². The van der Waals surface area contributed by atoms with Gasteiger partial charge in [0.15, 0.2) is 5.13 Å². The van der Waals surface area contributed by atoms with Gasteiger partial charge in [0, 0.05) is 18.5 Å². The molecule has 2 amide bonds. The number of hydrazine groups is 1. The normalized spacial score (nSPS) is 14.2. The van der Waals surface area contributed by atoms with Gasteiger partial charge in [0.2, 0.25) is 0 Å². The second-order valence-electron chi connectivity index (χ2n) is 5.15. The van der Waals surface area contributed by atoms with Crippen molar-refractivity contribution in [1.82, 2.24) is 15.8 Å². The Kier molecular flexibility index (Phi) is 5.47. The van der Waals surface area contributed by atoms with Gasteiger partial charge in [0.25, 0.3) is 11.8 Å². The van der Waals surface area contributed by atoms with E-state index in [2.05, 4.69) is 15.8 Å². The number of amides is 2. The zero-order chi connectivity index (χ0) is 17.8. The molecule has 0 saturated carbocycles. The molecule has 132 valence electrons. The average Bonchev–Trinajstić information content (AvgIpc) is 3.10. The van der Waals surface area contributed by atoms with Gasteiger partial charge in [-0.2, -0.15) is 0 Å². The molecular formula is C15H14ClFN4O3S. The Hall–Kier alpha value is -2.23. The summed E-state index contributed by atoms with van der Waals surface area (Å²) in [4.78, 5) is 30.4. The number of carbonyl (C=O) groups is 2. The largest absolute Gasteiger partial charge is 0.378 e. The highest BCUT2D eigenvalue weighted by molar-refractivity contribution is 7.13. The molecule has 0 unspecified atom stereocenters. The number of hydrogen-bond donors (Lipinski definition) is 2. The van der Waals surface area contributed by atoms with Crippen molar-refractivity contribution >= 4 is 39.9 Å². The minimum atomic E-state index is -0.651. The Morgan fingerprint density at radius 1 is 1.24 bits per heavy atom. The van der Waals surface area contributed by atoms with E-state index >= 15 is 0 Å².